The van der Waals surface area contributed by atoms with Gasteiger partial charge in [0.15, 0.2) is 0 Å². The van der Waals surface area contributed by atoms with Gasteiger partial charge >= 0.3 is 233 Å². The van der Waals surface area contributed by atoms with Crippen molar-refractivity contribution in [3.8, 4) is 11.1 Å². The van der Waals surface area contributed by atoms with Crippen LogP contribution in [-0.4, -0.2) is 26.9 Å². The second kappa shape index (κ2) is 12.8. The van der Waals surface area contributed by atoms with Gasteiger partial charge in [0.05, 0.1) is 0 Å². The van der Waals surface area contributed by atoms with E-state index in [0.717, 1.165) is 13.0 Å². The molecule has 0 fully saturated rings. The summed E-state index contributed by atoms with van der Waals surface area (Å²) in [6.45, 7) is 17.5. The van der Waals surface area contributed by atoms with E-state index in [4.69, 9.17) is 4.43 Å². The van der Waals surface area contributed by atoms with E-state index < -0.39 is 39.9 Å². The molecule has 0 saturated heterocycles. The zero-order chi connectivity index (χ0) is 25.6. The van der Waals surface area contributed by atoms with Crippen molar-refractivity contribution in [3.63, 3.8) is 0 Å². The van der Waals surface area contributed by atoms with Crippen LogP contribution in [0.25, 0.3) is 16.7 Å². The summed E-state index contributed by atoms with van der Waals surface area (Å²) in [5.41, 5.74) is 12.4. The SMILES string of the molecule is C[C](C)=[Zr+2][CH]1c2ccccc2-c2cccc(C3C([SiH](C)C)=C(CCO[Si](C)(C)C)c4ccccc43)c21.[Cl-].[Cl-]. The van der Waals surface area contributed by atoms with Crippen molar-refractivity contribution in [2.75, 3.05) is 6.61 Å². The Morgan fingerprint density at radius 1 is 0.789 bits per heavy atom. The third kappa shape index (κ3) is 6.07. The van der Waals surface area contributed by atoms with Crippen LogP contribution < -0.4 is 24.8 Å². The maximum atomic E-state index is 6.38. The number of benzene rings is 3. The number of rotatable bonds is 7. The zero-order valence-corrected chi connectivity index (χ0v) is 29.8. The minimum absolute atomic E-state index is 0. The van der Waals surface area contributed by atoms with Gasteiger partial charge in [0.1, 0.15) is 0 Å². The Labute approximate surface area is 256 Å². The number of allylic oxidation sites excluding steroid dienone is 1. The van der Waals surface area contributed by atoms with Crippen molar-refractivity contribution < 1.29 is 52.0 Å². The quantitative estimate of drug-likeness (QED) is 0.355. The maximum absolute atomic E-state index is 6.38. The van der Waals surface area contributed by atoms with E-state index in [9.17, 15) is 0 Å². The second-order valence-electron chi connectivity index (χ2n) is 11.8. The smallest absolute Gasteiger partial charge is 1.00 e. The average Bonchev–Trinajstić information content (AvgIpc) is 3.32. The standard InChI is InChI=1S/C29H33OSi2.C3H6.2ClH.Zr/c1-31(2)29-26(17-18-30-32(3,4)5)23-13-8-9-14-24(23)28(29)25-16-10-15-22-21-12-7-6-11-20(21)19-27(22)25;1-3-2;;;/h6-16,19,28,31H,17-18H2,1-5H3;1-2H3;2*1H;/q;;;;+2/p-2. The first kappa shape index (κ1) is 31.7. The fraction of sp³-hybridized carbons (Fsp3) is 0.344. The monoisotopic (exact) mass is 655 g/mol. The molecule has 1 nitrogen and oxygen atoms in total. The summed E-state index contributed by atoms with van der Waals surface area (Å²) in [5.74, 6) is 0.401. The molecule has 0 heterocycles. The number of hydrogen-bond donors (Lipinski definition) is 0. The second-order valence-corrected chi connectivity index (χ2v) is 23.8. The van der Waals surface area contributed by atoms with E-state index in [1.54, 1.807) is 30.7 Å². The van der Waals surface area contributed by atoms with Gasteiger partial charge in [-0.3, -0.25) is 0 Å². The third-order valence-electron chi connectivity index (χ3n) is 7.50. The van der Waals surface area contributed by atoms with Crippen LogP contribution in [0.5, 0.6) is 0 Å². The molecule has 0 aromatic heterocycles. The summed E-state index contributed by atoms with van der Waals surface area (Å²) in [5, 5.41) is 1.75. The Kier molecular flexibility index (Phi) is 10.6. The first-order chi connectivity index (χ1) is 17.2. The molecule has 0 bridgehead atoms. The molecule has 0 saturated carbocycles. The molecule has 0 N–H and O–H groups in total. The number of hydrogen-bond acceptors (Lipinski definition) is 1. The number of fused-ring (bicyclic) bond motifs is 4. The van der Waals surface area contributed by atoms with E-state index in [0.29, 0.717) is 9.54 Å². The predicted octanol–water partition coefficient (Wildman–Crippen LogP) is 2.23. The van der Waals surface area contributed by atoms with Gasteiger partial charge < -0.3 is 24.8 Å². The normalized spacial score (nSPS) is 17.3. The van der Waals surface area contributed by atoms with Gasteiger partial charge in [-0.25, -0.2) is 0 Å². The van der Waals surface area contributed by atoms with Gasteiger partial charge in [0.2, 0.25) is 0 Å². The molecule has 2 aliphatic carbocycles. The maximum Gasteiger partial charge on any atom is -1.00 e. The molecule has 5 rings (SSSR count). The van der Waals surface area contributed by atoms with Gasteiger partial charge in [-0.15, -0.1) is 0 Å². The van der Waals surface area contributed by atoms with E-state index in [2.05, 4.69) is 113 Å². The molecule has 38 heavy (non-hydrogen) atoms. The van der Waals surface area contributed by atoms with Crippen molar-refractivity contribution in [3.05, 3.63) is 99.7 Å². The van der Waals surface area contributed by atoms with Crippen LogP contribution in [0, 0.1) is 0 Å². The van der Waals surface area contributed by atoms with Crippen LogP contribution in [-0.2, 0) is 27.2 Å². The summed E-state index contributed by atoms with van der Waals surface area (Å²) in [6.07, 6.45) is 1.04. The third-order valence-corrected chi connectivity index (χ3v) is 14.1. The minimum Gasteiger partial charge on any atom is -1.00 e. The molecule has 199 valence electrons. The van der Waals surface area contributed by atoms with Gasteiger partial charge in [0, 0.05) is 0 Å². The zero-order valence-electron chi connectivity index (χ0n) is 23.7. The van der Waals surface area contributed by atoms with E-state index in [1.165, 1.54) is 22.3 Å². The molecular weight excluding hydrogens is 619 g/mol. The van der Waals surface area contributed by atoms with Gasteiger partial charge in [-0.05, 0) is 0 Å². The van der Waals surface area contributed by atoms with Crippen molar-refractivity contribution in [2.45, 2.75) is 62.5 Å². The summed E-state index contributed by atoms with van der Waals surface area (Å²) in [7, 11) is -2.62. The molecule has 2 unspecified atom stereocenters. The van der Waals surface area contributed by atoms with E-state index >= 15 is 0 Å². The fourth-order valence-corrected chi connectivity index (χ4v) is 12.6. The topological polar surface area (TPSA) is 9.23 Å². The van der Waals surface area contributed by atoms with Crippen molar-refractivity contribution in [2.24, 2.45) is 0 Å². The first-order valence-electron chi connectivity index (χ1n) is 13.4. The average molecular weight is 658 g/mol. The fourth-order valence-electron chi connectivity index (χ4n) is 6.26. The van der Waals surface area contributed by atoms with Crippen molar-refractivity contribution in [1.29, 1.82) is 0 Å². The van der Waals surface area contributed by atoms with Crippen LogP contribution >= 0.6 is 0 Å². The minimum atomic E-state index is -1.53. The van der Waals surface area contributed by atoms with E-state index in [1.807, 2.05) is 0 Å². The first-order valence-corrected chi connectivity index (χ1v) is 22.4. The largest absolute Gasteiger partial charge is 1.00 e. The molecule has 0 spiro atoms. The molecular formula is C32H39Cl2OSi2Zr. The molecule has 0 radical (unpaired) electrons. The molecule has 0 aliphatic heterocycles. The Morgan fingerprint density at radius 2 is 1.37 bits per heavy atom. The van der Waals surface area contributed by atoms with Crippen LogP contribution in [0.4, 0.5) is 0 Å². The van der Waals surface area contributed by atoms with Gasteiger partial charge in [-0.1, -0.05) is 0 Å². The van der Waals surface area contributed by atoms with E-state index in [-0.39, 0.29) is 24.8 Å². The molecule has 6 heteroatoms. The number of halogens is 2. The summed E-state index contributed by atoms with van der Waals surface area (Å²) in [6, 6.07) is 25.7. The summed E-state index contributed by atoms with van der Waals surface area (Å²) in [4.78, 5) is 0. The predicted molar refractivity (Wildman–Crippen MR) is 158 cm³/mol. The van der Waals surface area contributed by atoms with Crippen molar-refractivity contribution >= 4 is 25.9 Å². The summed E-state index contributed by atoms with van der Waals surface area (Å²) < 4.78 is 8.66. The molecule has 3 aromatic rings. The Morgan fingerprint density at radius 3 is 2.00 bits per heavy atom. The molecule has 2 atom stereocenters. The Bertz CT molecular complexity index is 1370. The van der Waals surface area contributed by atoms with Crippen LogP contribution in [0.1, 0.15) is 57.6 Å². The Hall–Kier alpha value is -0.873. The van der Waals surface area contributed by atoms with Crippen LogP contribution in [0.15, 0.2) is 71.9 Å². The van der Waals surface area contributed by atoms with Gasteiger partial charge in [-0.2, -0.15) is 0 Å². The van der Waals surface area contributed by atoms with Crippen LogP contribution in [0.2, 0.25) is 32.7 Å². The molecule has 0 amide bonds. The molecule has 3 aromatic carbocycles. The van der Waals surface area contributed by atoms with Crippen LogP contribution in [0.3, 0.4) is 0 Å². The molecule has 2 aliphatic rings. The Balaban J connectivity index is 0.00000200. The summed E-state index contributed by atoms with van der Waals surface area (Å²) >= 11 is -0.740. The van der Waals surface area contributed by atoms with Gasteiger partial charge in [0.25, 0.3) is 0 Å². The van der Waals surface area contributed by atoms with Crippen molar-refractivity contribution in [1.82, 2.24) is 0 Å².